The van der Waals surface area contributed by atoms with Crippen LogP contribution in [-0.2, 0) is 0 Å². The highest BCUT2D eigenvalue weighted by Gasteiger charge is 2.31. The molecular weight excluding hydrogens is 434 g/mol. The Labute approximate surface area is 198 Å². The minimum Gasteiger partial charge on any atom is -0.465 e. The highest BCUT2D eigenvalue weighted by molar-refractivity contribution is 5.94. The van der Waals surface area contributed by atoms with Gasteiger partial charge in [-0.1, -0.05) is 43.5 Å². The average molecular weight is 464 g/mol. The zero-order valence-electron chi connectivity index (χ0n) is 19.4. The van der Waals surface area contributed by atoms with Gasteiger partial charge in [0.25, 0.3) is 5.91 Å². The molecule has 9 nitrogen and oxygen atoms in total. The lowest BCUT2D eigenvalue weighted by atomic mass is 9.94. The van der Waals surface area contributed by atoms with Gasteiger partial charge >= 0.3 is 12.1 Å². The normalized spacial score (nSPS) is 14.5. The van der Waals surface area contributed by atoms with Gasteiger partial charge in [-0.15, -0.1) is 0 Å². The second kappa shape index (κ2) is 11.3. The third-order valence-corrected chi connectivity index (χ3v) is 6.14. The predicted octanol–water partition coefficient (Wildman–Crippen LogP) is 4.05. The number of aryl methyl sites for hydroxylation is 1. The molecule has 178 valence electrons. The Morgan fingerprint density at radius 2 is 1.85 bits per heavy atom. The van der Waals surface area contributed by atoms with Gasteiger partial charge < -0.3 is 15.7 Å². The molecule has 1 aromatic carbocycles. The van der Waals surface area contributed by atoms with Crippen molar-refractivity contribution >= 4 is 18.0 Å². The van der Waals surface area contributed by atoms with Gasteiger partial charge in [-0.05, 0) is 42.5 Å². The molecule has 1 heterocycles. The fraction of sp³-hybridized carbons (Fsp3) is 0.400. The monoisotopic (exact) mass is 463 g/mol. The SMILES string of the molecule is CNC(=O)c1ncc(-c2ccc(C(C#N)CNC(=O)N(C(=O)O)C3CCCCC3)cc2)cc1C. The lowest BCUT2D eigenvalue weighted by Crippen LogP contribution is -2.50. The second-order valence-electron chi connectivity index (χ2n) is 8.40. The van der Waals surface area contributed by atoms with E-state index in [-0.39, 0.29) is 18.5 Å². The third-order valence-electron chi connectivity index (χ3n) is 6.14. The van der Waals surface area contributed by atoms with Crippen LogP contribution in [0.1, 0.15) is 59.6 Å². The van der Waals surface area contributed by atoms with E-state index in [0.717, 1.165) is 40.9 Å². The van der Waals surface area contributed by atoms with Crippen molar-refractivity contribution in [1.29, 1.82) is 5.26 Å². The van der Waals surface area contributed by atoms with Crippen LogP contribution in [0.25, 0.3) is 11.1 Å². The van der Waals surface area contributed by atoms with Crippen LogP contribution >= 0.6 is 0 Å². The second-order valence-corrected chi connectivity index (χ2v) is 8.40. The molecule has 4 amide bonds. The number of nitrogens with one attached hydrogen (secondary N) is 2. The molecule has 9 heteroatoms. The van der Waals surface area contributed by atoms with E-state index in [1.165, 1.54) is 0 Å². The van der Waals surface area contributed by atoms with Crippen LogP contribution in [0, 0.1) is 18.3 Å². The first-order valence-electron chi connectivity index (χ1n) is 11.3. The summed E-state index contributed by atoms with van der Waals surface area (Å²) in [6, 6.07) is 10.3. The van der Waals surface area contributed by atoms with Crippen LogP contribution < -0.4 is 10.6 Å². The van der Waals surface area contributed by atoms with Gasteiger partial charge in [0.1, 0.15) is 5.69 Å². The Morgan fingerprint density at radius 1 is 1.18 bits per heavy atom. The molecule has 0 radical (unpaired) electrons. The van der Waals surface area contributed by atoms with E-state index in [9.17, 15) is 24.8 Å². The van der Waals surface area contributed by atoms with Gasteiger partial charge in [-0.3, -0.25) is 9.78 Å². The van der Waals surface area contributed by atoms with Crippen molar-refractivity contribution in [1.82, 2.24) is 20.5 Å². The molecule has 0 spiro atoms. The number of imide groups is 1. The first kappa shape index (κ1) is 24.7. The van der Waals surface area contributed by atoms with Gasteiger partial charge in [0.15, 0.2) is 0 Å². The molecule has 1 aliphatic rings. The molecule has 34 heavy (non-hydrogen) atoms. The van der Waals surface area contributed by atoms with Gasteiger partial charge in [-0.25, -0.2) is 14.5 Å². The highest BCUT2D eigenvalue weighted by atomic mass is 16.4. The molecular formula is C25H29N5O4. The Bertz CT molecular complexity index is 1090. The maximum Gasteiger partial charge on any atom is 0.415 e. The lowest BCUT2D eigenvalue weighted by Gasteiger charge is -2.30. The molecule has 1 fully saturated rings. The largest absolute Gasteiger partial charge is 0.465 e. The number of aromatic nitrogens is 1. The number of carboxylic acid groups (broad SMARTS) is 1. The maximum atomic E-state index is 12.6. The molecule has 1 aromatic heterocycles. The van der Waals surface area contributed by atoms with Gasteiger partial charge in [-0.2, -0.15) is 5.26 Å². The molecule has 1 saturated carbocycles. The van der Waals surface area contributed by atoms with E-state index in [1.807, 2.05) is 25.1 Å². The van der Waals surface area contributed by atoms with E-state index in [4.69, 9.17) is 0 Å². The van der Waals surface area contributed by atoms with Crippen LogP contribution in [0.15, 0.2) is 36.5 Å². The van der Waals surface area contributed by atoms with Crippen molar-refractivity contribution in [3.8, 4) is 17.2 Å². The molecule has 0 bridgehead atoms. The highest BCUT2D eigenvalue weighted by Crippen LogP contribution is 2.25. The van der Waals surface area contributed by atoms with E-state index >= 15 is 0 Å². The van der Waals surface area contributed by atoms with E-state index in [2.05, 4.69) is 21.7 Å². The Kier molecular flexibility index (Phi) is 8.19. The number of amides is 4. The molecule has 3 rings (SSSR count). The topological polar surface area (TPSA) is 135 Å². The number of nitrogens with zero attached hydrogens (tertiary/aromatic N) is 3. The van der Waals surface area contributed by atoms with Crippen molar-refractivity contribution in [2.75, 3.05) is 13.6 Å². The number of benzene rings is 1. The molecule has 1 aliphatic carbocycles. The number of hydrogen-bond acceptors (Lipinski definition) is 5. The smallest absolute Gasteiger partial charge is 0.415 e. The summed E-state index contributed by atoms with van der Waals surface area (Å²) in [6.07, 6.45) is 4.54. The zero-order chi connectivity index (χ0) is 24.7. The third kappa shape index (κ3) is 5.70. The summed E-state index contributed by atoms with van der Waals surface area (Å²) in [5.74, 6) is -0.876. The number of carbonyl (C=O) groups is 3. The van der Waals surface area contributed by atoms with Gasteiger partial charge in [0.2, 0.25) is 0 Å². The molecule has 1 atom stereocenters. The van der Waals surface area contributed by atoms with Crippen LogP contribution in [0.4, 0.5) is 9.59 Å². The average Bonchev–Trinajstić information content (AvgIpc) is 2.85. The van der Waals surface area contributed by atoms with E-state index < -0.39 is 18.0 Å². The Balaban J connectivity index is 1.67. The number of rotatable bonds is 6. The zero-order valence-corrected chi connectivity index (χ0v) is 19.4. The summed E-state index contributed by atoms with van der Waals surface area (Å²) in [7, 11) is 1.55. The first-order chi connectivity index (χ1) is 16.3. The minimum atomic E-state index is -1.27. The van der Waals surface area contributed by atoms with Crippen molar-refractivity contribution in [2.45, 2.75) is 51.0 Å². The quantitative estimate of drug-likeness (QED) is 0.591. The summed E-state index contributed by atoms with van der Waals surface area (Å²) in [4.78, 5) is 41.2. The summed E-state index contributed by atoms with van der Waals surface area (Å²) in [5.41, 5.74) is 3.53. The molecule has 2 aromatic rings. The standard InChI is InChI=1S/C25H29N5O4/c1-16-12-19(14-28-22(16)23(31)27-2)17-8-10-18(11-9-17)20(13-26)15-29-24(32)30(25(33)34)21-6-4-3-5-7-21/h8-12,14,20-21H,3-7,15H2,1-2H3,(H,27,31)(H,29,32)(H,33,34). The number of nitriles is 1. The molecule has 3 N–H and O–H groups in total. The minimum absolute atomic E-state index is 0.00662. The lowest BCUT2D eigenvalue weighted by molar-refractivity contribution is 0.0957. The first-order valence-corrected chi connectivity index (χ1v) is 11.3. The van der Waals surface area contributed by atoms with E-state index in [1.54, 1.807) is 25.4 Å². The Morgan fingerprint density at radius 3 is 2.41 bits per heavy atom. The van der Waals surface area contributed by atoms with Crippen molar-refractivity contribution in [2.24, 2.45) is 0 Å². The van der Waals surface area contributed by atoms with Crippen molar-refractivity contribution < 1.29 is 19.5 Å². The van der Waals surface area contributed by atoms with E-state index in [0.29, 0.717) is 24.1 Å². The summed E-state index contributed by atoms with van der Waals surface area (Å²) in [5, 5.41) is 24.4. The fourth-order valence-electron chi connectivity index (χ4n) is 4.26. The maximum absolute atomic E-state index is 12.6. The molecule has 1 unspecified atom stereocenters. The van der Waals surface area contributed by atoms with Crippen molar-refractivity contribution in [3.63, 3.8) is 0 Å². The predicted molar refractivity (Wildman–Crippen MR) is 126 cm³/mol. The number of carbonyl (C=O) groups excluding carboxylic acids is 2. The number of hydrogen-bond donors (Lipinski definition) is 3. The molecule has 0 saturated heterocycles. The number of pyridine rings is 1. The van der Waals surface area contributed by atoms with Crippen LogP contribution in [0.5, 0.6) is 0 Å². The summed E-state index contributed by atoms with van der Waals surface area (Å²) < 4.78 is 0. The van der Waals surface area contributed by atoms with Crippen LogP contribution in [-0.4, -0.2) is 52.7 Å². The fourth-order valence-corrected chi connectivity index (χ4v) is 4.26. The summed E-state index contributed by atoms with van der Waals surface area (Å²) in [6.45, 7) is 1.82. The van der Waals surface area contributed by atoms with Crippen LogP contribution in [0.3, 0.4) is 0 Å². The summed E-state index contributed by atoms with van der Waals surface area (Å²) >= 11 is 0. The molecule has 0 aliphatic heterocycles. The van der Waals surface area contributed by atoms with Crippen molar-refractivity contribution in [3.05, 3.63) is 53.3 Å². The van der Waals surface area contributed by atoms with Gasteiger partial charge in [0, 0.05) is 31.4 Å². The van der Waals surface area contributed by atoms with Crippen LogP contribution in [0.2, 0.25) is 0 Å². The van der Waals surface area contributed by atoms with Gasteiger partial charge in [0.05, 0.1) is 12.0 Å². The Hall–Kier alpha value is -3.93. The number of urea groups is 1.